The quantitative estimate of drug-likeness (QED) is 0.662. The summed E-state index contributed by atoms with van der Waals surface area (Å²) >= 11 is 0. The number of aromatic nitrogens is 5. The zero-order valence-electron chi connectivity index (χ0n) is 8.16. The van der Waals surface area contributed by atoms with Crippen LogP contribution in [0.2, 0.25) is 0 Å². The molecular weight excluding hydrogens is 194 g/mol. The van der Waals surface area contributed by atoms with Crippen molar-refractivity contribution >= 4 is 0 Å². The highest BCUT2D eigenvalue weighted by molar-refractivity contribution is 5.38. The lowest BCUT2D eigenvalue weighted by Crippen LogP contribution is -2.00. The SMILES string of the molecule is Cc1cc(C2CO2)ncc1-n1cnnn1. The van der Waals surface area contributed by atoms with E-state index in [0.717, 1.165) is 23.6 Å². The molecule has 1 atom stereocenters. The van der Waals surface area contributed by atoms with Gasteiger partial charge in [0, 0.05) is 0 Å². The number of nitrogens with zero attached hydrogens (tertiary/aromatic N) is 5. The summed E-state index contributed by atoms with van der Waals surface area (Å²) in [6, 6.07) is 2.01. The van der Waals surface area contributed by atoms with Gasteiger partial charge >= 0.3 is 0 Å². The molecule has 76 valence electrons. The van der Waals surface area contributed by atoms with Crippen LogP contribution in [0.5, 0.6) is 0 Å². The van der Waals surface area contributed by atoms with E-state index in [2.05, 4.69) is 20.5 Å². The van der Waals surface area contributed by atoms with Crippen LogP contribution in [0.3, 0.4) is 0 Å². The van der Waals surface area contributed by atoms with Crippen molar-refractivity contribution in [3.05, 3.63) is 29.8 Å². The van der Waals surface area contributed by atoms with Crippen LogP contribution in [-0.4, -0.2) is 31.8 Å². The maximum atomic E-state index is 5.17. The molecule has 1 aliphatic rings. The van der Waals surface area contributed by atoms with Gasteiger partial charge in [0.25, 0.3) is 0 Å². The van der Waals surface area contributed by atoms with Crippen molar-refractivity contribution in [3.63, 3.8) is 0 Å². The molecule has 0 saturated carbocycles. The summed E-state index contributed by atoms with van der Waals surface area (Å²) in [7, 11) is 0. The van der Waals surface area contributed by atoms with Crippen LogP contribution in [-0.2, 0) is 4.74 Å². The molecule has 2 aromatic heterocycles. The predicted molar refractivity (Wildman–Crippen MR) is 50.4 cm³/mol. The van der Waals surface area contributed by atoms with Gasteiger partial charge < -0.3 is 4.74 Å². The van der Waals surface area contributed by atoms with Gasteiger partial charge in [0.2, 0.25) is 0 Å². The molecule has 3 heterocycles. The zero-order valence-corrected chi connectivity index (χ0v) is 8.16. The van der Waals surface area contributed by atoms with Crippen molar-refractivity contribution in [1.29, 1.82) is 0 Å². The number of pyridine rings is 1. The largest absolute Gasteiger partial charge is 0.366 e. The predicted octanol–water partition coefficient (Wildman–Crippen LogP) is 0.437. The third-order valence-electron chi connectivity index (χ3n) is 2.36. The summed E-state index contributed by atoms with van der Waals surface area (Å²) in [5.74, 6) is 0. The van der Waals surface area contributed by atoms with Crippen LogP contribution < -0.4 is 0 Å². The van der Waals surface area contributed by atoms with Crippen LogP contribution in [0, 0.1) is 6.92 Å². The van der Waals surface area contributed by atoms with E-state index in [4.69, 9.17) is 4.74 Å². The van der Waals surface area contributed by atoms with E-state index >= 15 is 0 Å². The summed E-state index contributed by atoms with van der Waals surface area (Å²) < 4.78 is 6.77. The minimum atomic E-state index is 0.187. The average Bonchev–Trinajstić information content (AvgIpc) is 2.95. The molecule has 3 rings (SSSR count). The molecule has 1 aliphatic heterocycles. The summed E-state index contributed by atoms with van der Waals surface area (Å²) in [4.78, 5) is 4.32. The average molecular weight is 203 g/mol. The fourth-order valence-electron chi connectivity index (χ4n) is 1.48. The third-order valence-corrected chi connectivity index (χ3v) is 2.36. The van der Waals surface area contributed by atoms with E-state index in [1.165, 1.54) is 0 Å². The van der Waals surface area contributed by atoms with Gasteiger partial charge in [0.15, 0.2) is 0 Å². The van der Waals surface area contributed by atoms with Gasteiger partial charge in [-0.25, -0.2) is 0 Å². The molecule has 6 nitrogen and oxygen atoms in total. The van der Waals surface area contributed by atoms with Gasteiger partial charge in [0.1, 0.15) is 12.4 Å². The molecule has 0 aromatic carbocycles. The van der Waals surface area contributed by atoms with Crippen LogP contribution in [0.25, 0.3) is 5.69 Å². The maximum absolute atomic E-state index is 5.17. The number of hydrogen-bond acceptors (Lipinski definition) is 5. The Balaban J connectivity index is 2.02. The van der Waals surface area contributed by atoms with Crippen LogP contribution >= 0.6 is 0 Å². The van der Waals surface area contributed by atoms with Gasteiger partial charge in [-0.1, -0.05) is 0 Å². The van der Waals surface area contributed by atoms with E-state index in [1.807, 2.05) is 13.0 Å². The summed E-state index contributed by atoms with van der Waals surface area (Å²) in [6.45, 7) is 2.78. The van der Waals surface area contributed by atoms with Crippen molar-refractivity contribution in [1.82, 2.24) is 25.2 Å². The van der Waals surface area contributed by atoms with Crippen molar-refractivity contribution < 1.29 is 4.74 Å². The topological polar surface area (TPSA) is 69.0 Å². The highest BCUT2D eigenvalue weighted by Crippen LogP contribution is 2.29. The Morgan fingerprint density at radius 1 is 1.53 bits per heavy atom. The minimum Gasteiger partial charge on any atom is -0.366 e. The Morgan fingerprint density at radius 2 is 2.40 bits per heavy atom. The van der Waals surface area contributed by atoms with Crippen molar-refractivity contribution in [2.24, 2.45) is 0 Å². The normalized spacial score (nSPS) is 19.1. The highest BCUT2D eigenvalue weighted by atomic mass is 16.6. The first-order valence-electron chi connectivity index (χ1n) is 4.66. The smallest absolute Gasteiger partial charge is 0.143 e. The minimum absolute atomic E-state index is 0.187. The maximum Gasteiger partial charge on any atom is 0.143 e. The second-order valence-electron chi connectivity index (χ2n) is 3.47. The molecule has 2 aromatic rings. The van der Waals surface area contributed by atoms with E-state index in [-0.39, 0.29) is 6.10 Å². The van der Waals surface area contributed by atoms with Crippen LogP contribution in [0.1, 0.15) is 17.4 Å². The molecule has 0 spiro atoms. The third kappa shape index (κ3) is 1.48. The van der Waals surface area contributed by atoms with Gasteiger partial charge in [-0.3, -0.25) is 4.98 Å². The number of hydrogen-bond donors (Lipinski definition) is 0. The molecule has 1 unspecified atom stereocenters. The number of epoxide rings is 1. The first-order valence-corrected chi connectivity index (χ1v) is 4.66. The number of rotatable bonds is 2. The van der Waals surface area contributed by atoms with Crippen molar-refractivity contribution in [2.45, 2.75) is 13.0 Å². The Labute approximate surface area is 85.9 Å². The molecular formula is C9H9N5O. The summed E-state index contributed by atoms with van der Waals surface area (Å²) in [5, 5.41) is 11.0. The Hall–Kier alpha value is -1.82. The first kappa shape index (κ1) is 8.49. The Kier molecular flexibility index (Phi) is 1.75. The van der Waals surface area contributed by atoms with Gasteiger partial charge in [-0.05, 0) is 29.0 Å². The van der Waals surface area contributed by atoms with Crippen LogP contribution in [0.15, 0.2) is 18.6 Å². The lowest BCUT2D eigenvalue weighted by molar-refractivity contribution is 0.411. The number of tetrazole rings is 1. The van der Waals surface area contributed by atoms with Gasteiger partial charge in [-0.15, -0.1) is 5.10 Å². The fraction of sp³-hybridized carbons (Fsp3) is 0.333. The first-order chi connectivity index (χ1) is 7.34. The number of aryl methyl sites for hydroxylation is 1. The molecule has 1 fully saturated rings. The van der Waals surface area contributed by atoms with Crippen molar-refractivity contribution in [2.75, 3.05) is 6.61 Å². The van der Waals surface area contributed by atoms with Crippen molar-refractivity contribution in [3.8, 4) is 5.69 Å². The molecule has 0 bridgehead atoms. The molecule has 6 heteroatoms. The van der Waals surface area contributed by atoms with E-state index in [9.17, 15) is 0 Å². The Morgan fingerprint density at radius 3 is 3.00 bits per heavy atom. The lowest BCUT2D eigenvalue weighted by Gasteiger charge is -2.04. The second-order valence-corrected chi connectivity index (χ2v) is 3.47. The molecule has 0 radical (unpaired) electrons. The zero-order chi connectivity index (χ0) is 10.3. The Bertz CT molecular complexity index is 477. The monoisotopic (exact) mass is 203 g/mol. The van der Waals surface area contributed by atoms with Gasteiger partial charge in [-0.2, -0.15) is 4.68 Å². The fourth-order valence-corrected chi connectivity index (χ4v) is 1.48. The molecule has 0 amide bonds. The lowest BCUT2D eigenvalue weighted by atomic mass is 10.2. The van der Waals surface area contributed by atoms with Crippen LogP contribution in [0.4, 0.5) is 0 Å². The number of ether oxygens (including phenoxy) is 1. The van der Waals surface area contributed by atoms with E-state index < -0.39 is 0 Å². The molecule has 15 heavy (non-hydrogen) atoms. The standard InChI is InChI=1S/C9H9N5O/c1-6-2-7(9-4-15-9)10-3-8(6)14-5-11-12-13-14/h2-3,5,9H,4H2,1H3. The second kappa shape index (κ2) is 3.09. The molecule has 0 N–H and O–H groups in total. The van der Waals surface area contributed by atoms with E-state index in [1.54, 1.807) is 17.2 Å². The summed E-state index contributed by atoms with van der Waals surface area (Å²) in [6.07, 6.45) is 3.51. The molecule has 1 saturated heterocycles. The highest BCUT2D eigenvalue weighted by Gasteiger charge is 2.26. The van der Waals surface area contributed by atoms with Gasteiger partial charge in [0.05, 0.1) is 24.2 Å². The molecule has 0 aliphatic carbocycles. The summed E-state index contributed by atoms with van der Waals surface area (Å²) in [5.41, 5.74) is 2.96. The van der Waals surface area contributed by atoms with E-state index in [0.29, 0.717) is 0 Å².